The van der Waals surface area contributed by atoms with Crippen LogP contribution in [0.15, 0.2) is 29.0 Å². The predicted octanol–water partition coefficient (Wildman–Crippen LogP) is 5.21. The van der Waals surface area contributed by atoms with Crippen molar-refractivity contribution >= 4 is 5.71 Å². The van der Waals surface area contributed by atoms with Crippen LogP contribution in [0.1, 0.15) is 58.8 Å². The first-order chi connectivity index (χ1) is 13.1. The van der Waals surface area contributed by atoms with Crippen molar-refractivity contribution in [1.82, 2.24) is 0 Å². The summed E-state index contributed by atoms with van der Waals surface area (Å²) in [5.41, 5.74) is 2.91. The molecular formula is C24H33NO2. The molecule has 146 valence electrons. The molecule has 0 bridgehead atoms. The van der Waals surface area contributed by atoms with Crippen LogP contribution in [0, 0.1) is 46.8 Å². The lowest BCUT2D eigenvalue weighted by atomic mass is 9.46. The van der Waals surface area contributed by atoms with Crippen molar-refractivity contribution in [2.24, 2.45) is 52.0 Å². The lowest BCUT2D eigenvalue weighted by molar-refractivity contribution is -0.140. The fourth-order valence-corrected chi connectivity index (χ4v) is 8.93. The van der Waals surface area contributed by atoms with Gasteiger partial charge >= 0.3 is 0 Å². The van der Waals surface area contributed by atoms with E-state index in [0.29, 0.717) is 5.41 Å². The van der Waals surface area contributed by atoms with Crippen LogP contribution >= 0.6 is 0 Å². The molecule has 0 saturated heterocycles. The zero-order chi connectivity index (χ0) is 18.4. The third-order valence-corrected chi connectivity index (χ3v) is 9.92. The summed E-state index contributed by atoms with van der Waals surface area (Å²) in [6.45, 7) is 5.82. The minimum absolute atomic E-state index is 0.0605. The fourth-order valence-electron chi connectivity index (χ4n) is 8.93. The molecule has 1 aliphatic heterocycles. The number of allylic oxidation sites excluding steroid dienone is 2. The van der Waals surface area contributed by atoms with E-state index in [1.54, 1.807) is 5.57 Å². The molecule has 6 rings (SSSR count). The van der Waals surface area contributed by atoms with Crippen LogP contribution < -0.4 is 0 Å². The molecule has 0 radical (unpaired) electrons. The second-order valence-electron chi connectivity index (χ2n) is 10.6. The largest absolute Gasteiger partial charge is 0.411 e. The van der Waals surface area contributed by atoms with Crippen molar-refractivity contribution in [3.05, 3.63) is 23.8 Å². The summed E-state index contributed by atoms with van der Waals surface area (Å²) in [5.74, 6) is 5.79. The summed E-state index contributed by atoms with van der Waals surface area (Å²) in [6.07, 6.45) is 15.8. The van der Waals surface area contributed by atoms with E-state index in [1.165, 1.54) is 38.5 Å². The number of fused-ring (bicyclic) bond motifs is 9. The van der Waals surface area contributed by atoms with E-state index in [2.05, 4.69) is 37.2 Å². The van der Waals surface area contributed by atoms with E-state index in [0.717, 1.165) is 60.2 Å². The molecule has 3 nitrogen and oxygen atoms in total. The first-order valence-corrected chi connectivity index (χ1v) is 11.4. The van der Waals surface area contributed by atoms with E-state index in [9.17, 15) is 5.21 Å². The molecule has 3 heteroatoms. The zero-order valence-corrected chi connectivity index (χ0v) is 16.7. The number of hydrogen-bond donors (Lipinski definition) is 1. The van der Waals surface area contributed by atoms with Gasteiger partial charge in [-0.25, -0.2) is 0 Å². The average Bonchev–Trinajstić information content (AvgIpc) is 3.26. The fraction of sp³-hybridized carbons (Fsp3) is 0.792. The maximum atomic E-state index is 9.27. The maximum Gasteiger partial charge on any atom is 0.0954 e. The Hall–Kier alpha value is -1.09. The summed E-state index contributed by atoms with van der Waals surface area (Å²) in [7, 11) is 0. The molecular weight excluding hydrogens is 334 g/mol. The molecule has 0 aromatic carbocycles. The van der Waals surface area contributed by atoms with Gasteiger partial charge in [-0.2, -0.15) is 0 Å². The van der Waals surface area contributed by atoms with E-state index in [1.807, 2.05) is 0 Å². The highest BCUT2D eigenvalue weighted by Gasteiger charge is 2.76. The van der Waals surface area contributed by atoms with Gasteiger partial charge in [0.05, 0.1) is 17.9 Å². The molecule has 0 aromatic rings. The number of oxime groups is 1. The Morgan fingerprint density at radius 3 is 2.93 bits per heavy atom. The summed E-state index contributed by atoms with van der Waals surface area (Å²) in [5, 5.41) is 12.8. The van der Waals surface area contributed by atoms with Gasteiger partial charge in [0, 0.05) is 5.41 Å². The van der Waals surface area contributed by atoms with Gasteiger partial charge in [-0.05, 0) is 86.0 Å². The second-order valence-corrected chi connectivity index (χ2v) is 10.6. The Bertz CT molecular complexity index is 753. The minimum atomic E-state index is 0.0605. The molecule has 5 aliphatic carbocycles. The van der Waals surface area contributed by atoms with Crippen LogP contribution in [0.25, 0.3) is 0 Å². The monoisotopic (exact) mass is 367 g/mol. The third kappa shape index (κ3) is 1.95. The Morgan fingerprint density at radius 2 is 2.19 bits per heavy atom. The predicted molar refractivity (Wildman–Crippen MR) is 106 cm³/mol. The lowest BCUT2D eigenvalue weighted by Crippen LogP contribution is -2.56. The molecule has 1 heterocycles. The highest BCUT2D eigenvalue weighted by atomic mass is 16.5. The summed E-state index contributed by atoms with van der Waals surface area (Å²) >= 11 is 0. The van der Waals surface area contributed by atoms with Gasteiger partial charge < -0.3 is 9.94 Å². The smallest absolute Gasteiger partial charge is 0.0954 e. The van der Waals surface area contributed by atoms with Crippen molar-refractivity contribution < 1.29 is 9.94 Å². The van der Waals surface area contributed by atoms with Gasteiger partial charge in [0.2, 0.25) is 0 Å². The van der Waals surface area contributed by atoms with Crippen LogP contribution in [-0.2, 0) is 4.74 Å². The number of hydrogen-bond acceptors (Lipinski definition) is 3. The third-order valence-electron chi connectivity index (χ3n) is 9.92. The van der Waals surface area contributed by atoms with Gasteiger partial charge in [-0.15, -0.1) is 0 Å². The Kier molecular flexibility index (Phi) is 3.42. The number of ether oxygens (including phenoxy) is 1. The van der Waals surface area contributed by atoms with Crippen molar-refractivity contribution in [2.75, 3.05) is 6.61 Å². The topological polar surface area (TPSA) is 41.8 Å². The zero-order valence-electron chi connectivity index (χ0n) is 16.7. The normalized spacial score (nSPS) is 56.4. The molecule has 6 aliphatic rings. The van der Waals surface area contributed by atoms with E-state index in [-0.39, 0.29) is 5.60 Å². The molecule has 9 atom stereocenters. The summed E-state index contributed by atoms with van der Waals surface area (Å²) in [6, 6.07) is 0. The van der Waals surface area contributed by atoms with Crippen LogP contribution in [0.4, 0.5) is 0 Å². The molecule has 4 fully saturated rings. The molecule has 0 amide bonds. The van der Waals surface area contributed by atoms with E-state index in [4.69, 9.17) is 4.74 Å². The van der Waals surface area contributed by atoms with Crippen molar-refractivity contribution in [2.45, 2.75) is 64.4 Å². The Balaban J connectivity index is 1.41. The van der Waals surface area contributed by atoms with Gasteiger partial charge in [-0.1, -0.05) is 43.1 Å². The summed E-state index contributed by atoms with van der Waals surface area (Å²) in [4.78, 5) is 0. The van der Waals surface area contributed by atoms with Crippen LogP contribution in [0.5, 0.6) is 0 Å². The minimum Gasteiger partial charge on any atom is -0.411 e. The highest BCUT2D eigenvalue weighted by molar-refractivity contribution is 5.96. The van der Waals surface area contributed by atoms with Crippen LogP contribution in [0.3, 0.4) is 0 Å². The average molecular weight is 368 g/mol. The van der Waals surface area contributed by atoms with E-state index < -0.39 is 0 Å². The summed E-state index contributed by atoms with van der Waals surface area (Å²) < 4.78 is 6.55. The molecule has 27 heavy (non-hydrogen) atoms. The second kappa shape index (κ2) is 5.49. The highest BCUT2D eigenvalue weighted by Crippen LogP contribution is 2.78. The SMILES string of the molecule is CC[C@H]1CC2=C/C(=N/O)CC[C@@H]2[C@H]2CC[C@@]3(C)[C@@H]([C@H]4C[C@H]4[C@@]34C=CCO4)[C@H]12. The van der Waals surface area contributed by atoms with E-state index >= 15 is 0 Å². The number of rotatable bonds is 1. The van der Waals surface area contributed by atoms with Gasteiger partial charge in [-0.3, -0.25) is 0 Å². The van der Waals surface area contributed by atoms with Gasteiger partial charge in [0.15, 0.2) is 0 Å². The molecule has 1 spiro atoms. The Labute approximate surface area is 162 Å². The van der Waals surface area contributed by atoms with Crippen molar-refractivity contribution in [1.29, 1.82) is 0 Å². The molecule has 4 saturated carbocycles. The molecule has 1 N–H and O–H groups in total. The first-order valence-electron chi connectivity index (χ1n) is 11.4. The quantitative estimate of drug-likeness (QED) is 0.393. The van der Waals surface area contributed by atoms with Crippen LogP contribution in [0.2, 0.25) is 0 Å². The molecule has 0 unspecified atom stereocenters. The number of nitrogens with zero attached hydrogens (tertiary/aromatic N) is 1. The lowest BCUT2D eigenvalue weighted by Gasteiger charge is -2.59. The molecule has 0 aromatic heterocycles. The Morgan fingerprint density at radius 1 is 1.30 bits per heavy atom. The van der Waals surface area contributed by atoms with Crippen molar-refractivity contribution in [3.63, 3.8) is 0 Å². The van der Waals surface area contributed by atoms with Gasteiger partial charge in [0.1, 0.15) is 0 Å². The van der Waals surface area contributed by atoms with Crippen molar-refractivity contribution in [3.8, 4) is 0 Å². The van der Waals surface area contributed by atoms with Gasteiger partial charge in [0.25, 0.3) is 0 Å². The maximum absolute atomic E-state index is 9.27. The first kappa shape index (κ1) is 16.8. The standard InChI is InChI=1S/C24H33NO2/c1-3-14-11-15-12-16(25-26)5-6-17(15)18-7-9-23(2)22(21(14)18)19-13-20(19)24(23)8-4-10-27-24/h4,8,12,14,17-22,26H,3,5-7,9-11,13H2,1-2H3/b25-16+/t14-,17-,18+,19-,20+,21+,22-,23-,24-/m0/s1. The van der Waals surface area contributed by atoms with Crippen LogP contribution in [-0.4, -0.2) is 23.1 Å².